The SMILES string of the molecule is Cc1cc(NC(=O)C(C)(C)C)sc1C(=O)OCC(=O)N(C)C1CCC(C)CC1. The molecule has 1 aliphatic rings. The molecule has 0 saturated heterocycles. The van der Waals surface area contributed by atoms with E-state index in [0.29, 0.717) is 15.8 Å². The van der Waals surface area contributed by atoms with Gasteiger partial charge in [-0.2, -0.15) is 0 Å². The van der Waals surface area contributed by atoms with Gasteiger partial charge >= 0.3 is 5.97 Å². The van der Waals surface area contributed by atoms with E-state index in [0.717, 1.165) is 31.2 Å². The first-order chi connectivity index (χ1) is 13.0. The van der Waals surface area contributed by atoms with Gasteiger partial charge < -0.3 is 15.0 Å². The number of carbonyl (C=O) groups is 3. The summed E-state index contributed by atoms with van der Waals surface area (Å²) in [6.07, 6.45) is 4.25. The van der Waals surface area contributed by atoms with Crippen molar-refractivity contribution in [1.29, 1.82) is 0 Å². The Kier molecular flexibility index (Phi) is 7.26. The van der Waals surface area contributed by atoms with Crippen LogP contribution in [0.1, 0.15) is 68.6 Å². The number of esters is 1. The highest BCUT2D eigenvalue weighted by molar-refractivity contribution is 7.18. The lowest BCUT2D eigenvalue weighted by Crippen LogP contribution is -2.41. The van der Waals surface area contributed by atoms with Crippen LogP contribution in [0.4, 0.5) is 5.00 Å². The summed E-state index contributed by atoms with van der Waals surface area (Å²) in [5.74, 6) is -0.110. The quantitative estimate of drug-likeness (QED) is 0.740. The highest BCUT2D eigenvalue weighted by Gasteiger charge is 2.26. The van der Waals surface area contributed by atoms with Gasteiger partial charge in [-0.3, -0.25) is 9.59 Å². The Morgan fingerprint density at radius 3 is 2.39 bits per heavy atom. The van der Waals surface area contributed by atoms with E-state index < -0.39 is 11.4 Å². The molecule has 1 saturated carbocycles. The molecule has 0 aliphatic heterocycles. The number of nitrogens with zero attached hydrogens (tertiary/aromatic N) is 1. The summed E-state index contributed by atoms with van der Waals surface area (Å²) in [4.78, 5) is 39.1. The predicted molar refractivity (Wildman–Crippen MR) is 112 cm³/mol. The number of anilines is 1. The summed E-state index contributed by atoms with van der Waals surface area (Å²) in [5.41, 5.74) is 0.202. The molecule has 1 aromatic rings. The van der Waals surface area contributed by atoms with Crippen LogP contribution >= 0.6 is 11.3 Å². The van der Waals surface area contributed by atoms with Crippen molar-refractivity contribution in [2.45, 2.75) is 66.3 Å². The molecule has 6 nitrogen and oxygen atoms in total. The molecular weight excluding hydrogens is 376 g/mol. The number of aryl methyl sites for hydroxylation is 1. The fourth-order valence-corrected chi connectivity index (χ4v) is 4.14. The number of amides is 2. The van der Waals surface area contributed by atoms with Crippen molar-refractivity contribution in [3.63, 3.8) is 0 Å². The predicted octanol–water partition coefficient (Wildman–Crippen LogP) is 4.24. The standard InChI is InChI=1S/C21H32N2O4S/c1-13-7-9-15(10-8-13)23(6)17(24)12-27-19(25)18-14(2)11-16(28-18)22-20(26)21(3,4)5/h11,13,15H,7-10,12H2,1-6H3,(H,22,26). The Labute approximate surface area is 171 Å². The van der Waals surface area contributed by atoms with Gasteiger partial charge in [-0.1, -0.05) is 27.7 Å². The van der Waals surface area contributed by atoms with Gasteiger partial charge in [-0.25, -0.2) is 4.79 Å². The van der Waals surface area contributed by atoms with E-state index in [1.165, 1.54) is 11.3 Å². The molecule has 2 amide bonds. The van der Waals surface area contributed by atoms with Crippen molar-refractivity contribution in [2.24, 2.45) is 11.3 Å². The smallest absolute Gasteiger partial charge is 0.349 e. The molecule has 0 spiro atoms. The second kappa shape index (κ2) is 9.07. The topological polar surface area (TPSA) is 75.7 Å². The van der Waals surface area contributed by atoms with E-state index in [2.05, 4.69) is 12.2 Å². The van der Waals surface area contributed by atoms with E-state index in [4.69, 9.17) is 4.74 Å². The van der Waals surface area contributed by atoms with Crippen LogP contribution in [-0.2, 0) is 14.3 Å². The number of nitrogens with one attached hydrogen (secondary N) is 1. The molecule has 2 rings (SSSR count). The Hall–Kier alpha value is -1.89. The Morgan fingerprint density at radius 2 is 1.82 bits per heavy atom. The van der Waals surface area contributed by atoms with E-state index >= 15 is 0 Å². The fraction of sp³-hybridized carbons (Fsp3) is 0.667. The minimum atomic E-state index is -0.530. The normalized spacial score (nSPS) is 19.8. The molecular formula is C21H32N2O4S. The number of carbonyl (C=O) groups excluding carboxylic acids is 3. The highest BCUT2D eigenvalue weighted by Crippen LogP contribution is 2.29. The van der Waals surface area contributed by atoms with Gasteiger partial charge in [0.1, 0.15) is 4.88 Å². The summed E-state index contributed by atoms with van der Waals surface area (Å²) in [5, 5.41) is 3.43. The van der Waals surface area contributed by atoms with E-state index in [-0.39, 0.29) is 24.5 Å². The van der Waals surface area contributed by atoms with Crippen molar-refractivity contribution in [1.82, 2.24) is 4.90 Å². The van der Waals surface area contributed by atoms with Crippen LogP contribution in [0.2, 0.25) is 0 Å². The Bertz CT molecular complexity index is 727. The molecule has 0 aromatic carbocycles. The number of likely N-dealkylation sites (N-methyl/N-ethyl adjacent to an activating group) is 1. The minimum absolute atomic E-state index is 0.118. The van der Waals surface area contributed by atoms with Gasteiger partial charge in [0.25, 0.3) is 5.91 Å². The molecule has 1 aromatic heterocycles. The lowest BCUT2D eigenvalue weighted by molar-refractivity contribution is -0.136. The number of ether oxygens (including phenoxy) is 1. The first-order valence-electron chi connectivity index (χ1n) is 9.83. The van der Waals surface area contributed by atoms with Crippen LogP contribution < -0.4 is 5.32 Å². The van der Waals surface area contributed by atoms with E-state index in [1.807, 2.05) is 20.8 Å². The number of thiophene rings is 1. The zero-order valence-corrected chi connectivity index (χ0v) is 18.6. The monoisotopic (exact) mass is 408 g/mol. The maximum Gasteiger partial charge on any atom is 0.349 e. The summed E-state index contributed by atoms with van der Waals surface area (Å²) in [6.45, 7) is 9.24. The minimum Gasteiger partial charge on any atom is -0.451 e. The third kappa shape index (κ3) is 5.80. The molecule has 28 heavy (non-hydrogen) atoms. The van der Waals surface area contributed by atoms with Gasteiger partial charge in [0.05, 0.1) is 5.00 Å². The molecule has 0 unspecified atom stereocenters. The van der Waals surface area contributed by atoms with Crippen molar-refractivity contribution in [2.75, 3.05) is 19.0 Å². The lowest BCUT2D eigenvalue weighted by Gasteiger charge is -2.33. The molecule has 156 valence electrons. The second-order valence-corrected chi connectivity index (χ2v) is 9.87. The van der Waals surface area contributed by atoms with Gasteiger partial charge in [-0.15, -0.1) is 11.3 Å². The summed E-state index contributed by atoms with van der Waals surface area (Å²) < 4.78 is 5.26. The van der Waals surface area contributed by atoms with Gasteiger partial charge in [-0.05, 0) is 50.2 Å². The first kappa shape index (κ1) is 22.4. The third-order valence-corrected chi connectivity index (χ3v) is 6.41. The maximum atomic E-state index is 12.4. The van der Waals surface area contributed by atoms with Crippen molar-refractivity contribution >= 4 is 34.1 Å². The fourth-order valence-electron chi connectivity index (χ4n) is 3.17. The summed E-state index contributed by atoms with van der Waals surface area (Å²) >= 11 is 1.17. The number of hydrogen-bond donors (Lipinski definition) is 1. The van der Waals surface area contributed by atoms with Crippen LogP contribution in [0.15, 0.2) is 6.07 Å². The largest absolute Gasteiger partial charge is 0.451 e. The van der Waals surface area contributed by atoms with Crippen molar-refractivity contribution < 1.29 is 19.1 Å². The van der Waals surface area contributed by atoms with Crippen molar-refractivity contribution in [3.8, 4) is 0 Å². The van der Waals surface area contributed by atoms with Crippen LogP contribution in [0.25, 0.3) is 0 Å². The summed E-state index contributed by atoms with van der Waals surface area (Å²) in [7, 11) is 1.79. The van der Waals surface area contributed by atoms with Crippen LogP contribution in [0, 0.1) is 18.3 Å². The van der Waals surface area contributed by atoms with Gasteiger partial charge in [0, 0.05) is 18.5 Å². The highest BCUT2D eigenvalue weighted by atomic mass is 32.1. The average Bonchev–Trinajstić information content (AvgIpc) is 2.98. The maximum absolute atomic E-state index is 12.4. The van der Waals surface area contributed by atoms with Crippen LogP contribution in [-0.4, -0.2) is 42.4 Å². The average molecular weight is 409 g/mol. The second-order valence-electron chi connectivity index (χ2n) is 8.82. The van der Waals surface area contributed by atoms with Gasteiger partial charge in [0.2, 0.25) is 5.91 Å². The zero-order valence-electron chi connectivity index (χ0n) is 17.8. The Morgan fingerprint density at radius 1 is 1.21 bits per heavy atom. The molecule has 0 radical (unpaired) electrons. The molecule has 1 aliphatic carbocycles. The number of hydrogen-bond acceptors (Lipinski definition) is 5. The van der Waals surface area contributed by atoms with Crippen LogP contribution in [0.5, 0.6) is 0 Å². The summed E-state index contributed by atoms with van der Waals surface area (Å²) in [6, 6.07) is 1.98. The Balaban J connectivity index is 1.90. The third-order valence-electron chi connectivity index (χ3n) is 5.27. The van der Waals surface area contributed by atoms with Gasteiger partial charge in [0.15, 0.2) is 6.61 Å². The molecule has 0 bridgehead atoms. The molecule has 1 heterocycles. The first-order valence-corrected chi connectivity index (χ1v) is 10.7. The molecule has 0 atom stereocenters. The lowest BCUT2D eigenvalue weighted by atomic mass is 9.87. The van der Waals surface area contributed by atoms with Crippen molar-refractivity contribution in [3.05, 3.63) is 16.5 Å². The van der Waals surface area contributed by atoms with Crippen LogP contribution in [0.3, 0.4) is 0 Å². The van der Waals surface area contributed by atoms with E-state index in [1.54, 1.807) is 24.9 Å². The number of rotatable bonds is 5. The molecule has 7 heteroatoms. The molecule has 1 N–H and O–H groups in total. The molecule has 1 fully saturated rings. The van der Waals surface area contributed by atoms with E-state index in [9.17, 15) is 14.4 Å². The zero-order chi connectivity index (χ0) is 21.1.